The first kappa shape index (κ1) is 8.29. The van der Waals surface area contributed by atoms with Crippen molar-refractivity contribution in [3.8, 4) is 0 Å². The van der Waals surface area contributed by atoms with Crippen LogP contribution in [0.2, 0.25) is 0 Å². The number of piperidine rings is 1. The molecule has 13 heavy (non-hydrogen) atoms. The number of Topliss-reactive ketones (excluding diaryl/α,β-unsaturated/α-hetero) is 1. The predicted octanol–water partition coefficient (Wildman–Crippen LogP) is 0.582. The van der Waals surface area contributed by atoms with Gasteiger partial charge in [0.05, 0.1) is 7.11 Å². The molecule has 1 fully saturated rings. The summed E-state index contributed by atoms with van der Waals surface area (Å²) in [6.45, 7) is 0.611. The van der Waals surface area contributed by atoms with Gasteiger partial charge < -0.3 is 4.74 Å². The van der Waals surface area contributed by atoms with Crippen molar-refractivity contribution >= 4 is 11.9 Å². The van der Waals surface area contributed by atoms with Crippen LogP contribution in [0.4, 0.5) is 4.79 Å². The Morgan fingerprint density at radius 2 is 2.38 bits per heavy atom. The lowest BCUT2D eigenvalue weighted by molar-refractivity contribution is -0.126. The summed E-state index contributed by atoms with van der Waals surface area (Å²) in [4.78, 5) is 24.1. The van der Waals surface area contributed by atoms with E-state index in [-0.39, 0.29) is 17.7 Å². The summed E-state index contributed by atoms with van der Waals surface area (Å²) >= 11 is 0. The average Bonchev–Trinajstić information content (AvgIpc) is 2.17. The molecular weight excluding hydrogens is 170 g/mol. The number of methoxy groups -OCH3 is 1. The molecule has 0 aromatic heterocycles. The van der Waals surface area contributed by atoms with E-state index in [0.717, 1.165) is 0 Å². The van der Waals surface area contributed by atoms with Gasteiger partial charge in [0, 0.05) is 18.9 Å². The van der Waals surface area contributed by atoms with E-state index in [9.17, 15) is 9.59 Å². The highest BCUT2D eigenvalue weighted by molar-refractivity contribution is 5.91. The molecule has 0 spiro atoms. The molecule has 4 heteroatoms. The Kier molecular flexibility index (Phi) is 1.83. The monoisotopic (exact) mass is 181 g/mol. The Bertz CT molecular complexity index is 285. The third-order valence-electron chi connectivity index (χ3n) is 2.53. The number of amides is 1. The smallest absolute Gasteiger partial charge is 0.410 e. The molecule has 4 nitrogen and oxygen atoms in total. The number of ketones is 1. The van der Waals surface area contributed by atoms with Crippen molar-refractivity contribution in [3.05, 3.63) is 12.2 Å². The molecular formula is C9H11NO3. The second-order valence-corrected chi connectivity index (χ2v) is 3.38. The summed E-state index contributed by atoms with van der Waals surface area (Å²) in [7, 11) is 1.33. The van der Waals surface area contributed by atoms with Crippen molar-refractivity contribution in [1.29, 1.82) is 0 Å². The van der Waals surface area contributed by atoms with E-state index in [4.69, 9.17) is 0 Å². The molecule has 2 aliphatic heterocycles. The van der Waals surface area contributed by atoms with E-state index in [0.29, 0.717) is 13.0 Å². The number of ether oxygens (including phenoxy) is 1. The maximum absolute atomic E-state index is 11.4. The number of hydrogen-bond acceptors (Lipinski definition) is 3. The normalized spacial score (nSPS) is 30.8. The first-order valence-electron chi connectivity index (χ1n) is 4.28. The maximum atomic E-state index is 11.4. The van der Waals surface area contributed by atoms with Gasteiger partial charge in [0.2, 0.25) is 0 Å². The molecule has 0 saturated carbocycles. The lowest BCUT2D eigenvalue weighted by Gasteiger charge is -2.38. The van der Waals surface area contributed by atoms with E-state index in [1.54, 1.807) is 6.08 Å². The second kappa shape index (κ2) is 2.87. The summed E-state index contributed by atoms with van der Waals surface area (Å²) < 4.78 is 4.59. The molecule has 0 aromatic rings. The van der Waals surface area contributed by atoms with Crippen molar-refractivity contribution in [3.63, 3.8) is 0 Å². The van der Waals surface area contributed by atoms with E-state index in [2.05, 4.69) is 4.74 Å². The maximum Gasteiger partial charge on any atom is 0.410 e. The quantitative estimate of drug-likeness (QED) is 0.513. The van der Waals surface area contributed by atoms with Crippen molar-refractivity contribution in [1.82, 2.24) is 4.90 Å². The van der Waals surface area contributed by atoms with E-state index >= 15 is 0 Å². The highest BCUT2D eigenvalue weighted by atomic mass is 16.5. The fourth-order valence-corrected chi connectivity index (χ4v) is 1.89. The van der Waals surface area contributed by atoms with Gasteiger partial charge in [-0.3, -0.25) is 9.69 Å². The van der Waals surface area contributed by atoms with Crippen LogP contribution >= 0.6 is 0 Å². The minimum atomic E-state index is -0.410. The van der Waals surface area contributed by atoms with Gasteiger partial charge in [-0.15, -0.1) is 0 Å². The lowest BCUT2D eigenvalue weighted by Crippen LogP contribution is -2.53. The van der Waals surface area contributed by atoms with Gasteiger partial charge in [-0.05, 0) is 0 Å². The van der Waals surface area contributed by atoms with Gasteiger partial charge in [0.25, 0.3) is 0 Å². The highest BCUT2D eigenvalue weighted by Gasteiger charge is 2.39. The molecule has 1 saturated heterocycles. The van der Waals surface area contributed by atoms with E-state index in [1.165, 1.54) is 12.0 Å². The van der Waals surface area contributed by atoms with E-state index in [1.807, 2.05) is 6.08 Å². The zero-order valence-electron chi connectivity index (χ0n) is 7.40. The van der Waals surface area contributed by atoms with Gasteiger partial charge in [0.1, 0.15) is 6.04 Å². The first-order valence-corrected chi connectivity index (χ1v) is 4.28. The van der Waals surface area contributed by atoms with Crippen molar-refractivity contribution in [2.45, 2.75) is 12.5 Å². The molecule has 3 rings (SSSR count). The Labute approximate surface area is 76.2 Å². The topological polar surface area (TPSA) is 46.6 Å². The molecule has 0 N–H and O–H groups in total. The largest absolute Gasteiger partial charge is 0.453 e. The molecule has 2 atom stereocenters. The second-order valence-electron chi connectivity index (χ2n) is 3.38. The SMILES string of the molecule is COC(=O)N1C[C@@H]2C=C[C@H]1C(=O)C2. The third kappa shape index (κ3) is 1.22. The summed E-state index contributed by atoms with van der Waals surface area (Å²) in [5.74, 6) is 0.306. The zero-order chi connectivity index (χ0) is 9.42. The third-order valence-corrected chi connectivity index (χ3v) is 2.53. The number of nitrogens with zero attached hydrogens (tertiary/aromatic N) is 1. The molecule has 0 unspecified atom stereocenters. The lowest BCUT2D eigenvalue weighted by atomic mass is 9.85. The molecule has 3 aliphatic rings. The summed E-state index contributed by atoms with van der Waals surface area (Å²) in [6.07, 6.45) is 3.95. The Morgan fingerprint density at radius 3 is 2.92 bits per heavy atom. The van der Waals surface area contributed by atoms with Crippen LogP contribution in [0.1, 0.15) is 6.42 Å². The van der Waals surface area contributed by atoms with Gasteiger partial charge >= 0.3 is 6.09 Å². The van der Waals surface area contributed by atoms with Crippen LogP contribution in [0.3, 0.4) is 0 Å². The van der Waals surface area contributed by atoms with Gasteiger partial charge in [-0.1, -0.05) is 12.2 Å². The fraction of sp³-hybridized carbons (Fsp3) is 0.556. The van der Waals surface area contributed by atoms with Crippen LogP contribution in [0.15, 0.2) is 12.2 Å². The molecule has 1 aliphatic carbocycles. The Morgan fingerprint density at radius 1 is 1.62 bits per heavy atom. The summed E-state index contributed by atoms with van der Waals surface area (Å²) in [6, 6.07) is -0.377. The van der Waals surface area contributed by atoms with Gasteiger partial charge in [-0.2, -0.15) is 0 Å². The van der Waals surface area contributed by atoms with Crippen molar-refractivity contribution in [2.24, 2.45) is 5.92 Å². The molecule has 0 radical (unpaired) electrons. The van der Waals surface area contributed by atoms with Crippen LogP contribution in [0.25, 0.3) is 0 Å². The van der Waals surface area contributed by atoms with Gasteiger partial charge in [0.15, 0.2) is 5.78 Å². The summed E-state index contributed by atoms with van der Waals surface area (Å²) in [5, 5.41) is 0. The zero-order valence-corrected chi connectivity index (χ0v) is 7.40. The average molecular weight is 181 g/mol. The van der Waals surface area contributed by atoms with Crippen molar-refractivity contribution < 1.29 is 14.3 Å². The number of hydrogen-bond donors (Lipinski definition) is 0. The molecule has 2 bridgehead atoms. The standard InChI is InChI=1S/C9H11NO3/c1-13-9(12)10-5-6-2-3-7(10)8(11)4-6/h2-3,6-7H,4-5H2,1H3/t6-,7+/m1/s1. The minimum Gasteiger partial charge on any atom is -0.453 e. The van der Waals surface area contributed by atoms with Crippen LogP contribution < -0.4 is 0 Å². The van der Waals surface area contributed by atoms with Crippen LogP contribution in [-0.2, 0) is 9.53 Å². The fourth-order valence-electron chi connectivity index (χ4n) is 1.89. The molecule has 0 aromatic carbocycles. The Hall–Kier alpha value is -1.32. The van der Waals surface area contributed by atoms with Crippen LogP contribution in [-0.4, -0.2) is 36.5 Å². The van der Waals surface area contributed by atoms with E-state index < -0.39 is 6.09 Å². The molecule has 70 valence electrons. The number of fused-ring (bicyclic) bond motifs is 2. The number of carbonyl (C=O) groups excluding carboxylic acids is 2. The highest BCUT2D eigenvalue weighted by Crippen LogP contribution is 2.27. The van der Waals surface area contributed by atoms with Gasteiger partial charge in [-0.25, -0.2) is 4.79 Å². The molecule has 2 heterocycles. The summed E-state index contributed by atoms with van der Waals surface area (Å²) in [5.41, 5.74) is 0. The Balaban J connectivity index is 2.21. The number of carbonyl (C=O) groups is 2. The predicted molar refractivity (Wildman–Crippen MR) is 45.2 cm³/mol. The van der Waals surface area contributed by atoms with Crippen LogP contribution in [0, 0.1) is 5.92 Å². The minimum absolute atomic E-state index is 0.115. The van der Waals surface area contributed by atoms with Crippen LogP contribution in [0.5, 0.6) is 0 Å². The van der Waals surface area contributed by atoms with Crippen molar-refractivity contribution in [2.75, 3.05) is 13.7 Å². The first-order chi connectivity index (χ1) is 6.22. The molecule has 1 amide bonds. The number of rotatable bonds is 0.